The Hall–Kier alpha value is -1.31. The monoisotopic (exact) mass is 203 g/mol. The fourth-order valence-electron chi connectivity index (χ4n) is 2.31. The molecule has 1 aliphatic carbocycles. The van der Waals surface area contributed by atoms with Gasteiger partial charge in [0.1, 0.15) is 0 Å². The second-order valence-corrected chi connectivity index (χ2v) is 4.47. The van der Waals surface area contributed by atoms with E-state index in [1.807, 2.05) is 31.3 Å². The van der Waals surface area contributed by atoms with E-state index in [2.05, 4.69) is 11.9 Å². The summed E-state index contributed by atoms with van der Waals surface area (Å²) in [5.74, 6) is 0.550. The highest BCUT2D eigenvalue weighted by molar-refractivity contribution is 5.32. The first kappa shape index (κ1) is 10.2. The van der Waals surface area contributed by atoms with E-state index in [4.69, 9.17) is 0 Å². The maximum Gasteiger partial charge on any atom is 0.0921 e. The van der Waals surface area contributed by atoms with Gasteiger partial charge in [-0.15, -0.1) is 0 Å². The summed E-state index contributed by atoms with van der Waals surface area (Å²) < 4.78 is 0. The van der Waals surface area contributed by atoms with E-state index in [-0.39, 0.29) is 5.41 Å². The van der Waals surface area contributed by atoms with Crippen molar-refractivity contribution in [1.29, 1.82) is 0 Å². The number of rotatable bonds is 1. The summed E-state index contributed by atoms with van der Waals surface area (Å²) >= 11 is 0. The quantitative estimate of drug-likeness (QED) is 0.759. The first-order valence-electron chi connectivity index (χ1n) is 5.45. The molecule has 1 aromatic rings. The number of allylic oxidation sites excluding steroid dienone is 2. The van der Waals surface area contributed by atoms with E-state index in [1.54, 1.807) is 0 Å². The summed E-state index contributed by atoms with van der Waals surface area (Å²) in [7, 11) is 0. The van der Waals surface area contributed by atoms with Crippen LogP contribution in [0.5, 0.6) is 0 Å². The standard InChI is InChI=1S/C13H17NO/c1-10-11(15)6-5-8-13(10,2)12-7-3-4-9-14-12/h3-4,7,9,15H,5-6,8H2,1-2H3/t13-/m0/s1. The van der Waals surface area contributed by atoms with Crippen LogP contribution in [0.25, 0.3) is 0 Å². The van der Waals surface area contributed by atoms with E-state index < -0.39 is 0 Å². The molecule has 80 valence electrons. The van der Waals surface area contributed by atoms with Crippen LogP contribution in [0.1, 0.15) is 38.8 Å². The van der Waals surface area contributed by atoms with Crippen molar-refractivity contribution >= 4 is 0 Å². The van der Waals surface area contributed by atoms with Crippen LogP contribution < -0.4 is 0 Å². The number of nitrogens with zero attached hydrogens (tertiary/aromatic N) is 1. The van der Waals surface area contributed by atoms with Gasteiger partial charge in [0.15, 0.2) is 0 Å². The van der Waals surface area contributed by atoms with Crippen LogP contribution in [0.3, 0.4) is 0 Å². The first-order valence-corrected chi connectivity index (χ1v) is 5.45. The van der Waals surface area contributed by atoms with Crippen LogP contribution >= 0.6 is 0 Å². The summed E-state index contributed by atoms with van der Waals surface area (Å²) in [4.78, 5) is 4.41. The molecule has 0 bridgehead atoms. The van der Waals surface area contributed by atoms with Crippen molar-refractivity contribution in [3.05, 3.63) is 41.4 Å². The molecule has 0 saturated carbocycles. The van der Waals surface area contributed by atoms with Crippen LogP contribution in [-0.4, -0.2) is 10.1 Å². The molecule has 0 amide bonds. The van der Waals surface area contributed by atoms with Gasteiger partial charge in [-0.25, -0.2) is 0 Å². The molecule has 0 saturated heterocycles. The highest BCUT2D eigenvalue weighted by atomic mass is 16.3. The maximum atomic E-state index is 9.83. The molecule has 1 heterocycles. The molecule has 2 rings (SSSR count). The van der Waals surface area contributed by atoms with Crippen LogP contribution in [0.2, 0.25) is 0 Å². The molecular weight excluding hydrogens is 186 g/mol. The Morgan fingerprint density at radius 1 is 1.40 bits per heavy atom. The van der Waals surface area contributed by atoms with Gasteiger partial charge in [-0.3, -0.25) is 4.98 Å². The zero-order valence-corrected chi connectivity index (χ0v) is 9.33. The normalized spacial score (nSPS) is 26.8. The van der Waals surface area contributed by atoms with E-state index in [9.17, 15) is 5.11 Å². The second kappa shape index (κ2) is 3.69. The Balaban J connectivity index is 2.47. The van der Waals surface area contributed by atoms with E-state index in [0.29, 0.717) is 5.76 Å². The third-order valence-corrected chi connectivity index (χ3v) is 3.58. The van der Waals surface area contributed by atoms with Crippen LogP contribution in [0.15, 0.2) is 35.7 Å². The Kier molecular flexibility index (Phi) is 2.51. The Morgan fingerprint density at radius 3 is 2.87 bits per heavy atom. The van der Waals surface area contributed by atoms with E-state index in [1.165, 1.54) is 0 Å². The smallest absolute Gasteiger partial charge is 0.0921 e. The predicted molar refractivity (Wildman–Crippen MR) is 60.8 cm³/mol. The summed E-state index contributed by atoms with van der Waals surface area (Å²) in [6.45, 7) is 4.18. The van der Waals surface area contributed by atoms with Crippen molar-refractivity contribution in [2.75, 3.05) is 0 Å². The van der Waals surface area contributed by atoms with Crippen molar-refractivity contribution < 1.29 is 5.11 Å². The SMILES string of the molecule is CC1=C(O)CCC[C@]1(C)c1ccccn1. The molecule has 2 heteroatoms. The third-order valence-electron chi connectivity index (χ3n) is 3.58. The largest absolute Gasteiger partial charge is 0.512 e. The van der Waals surface area contributed by atoms with Crippen molar-refractivity contribution in [1.82, 2.24) is 4.98 Å². The van der Waals surface area contributed by atoms with Gasteiger partial charge < -0.3 is 5.11 Å². The van der Waals surface area contributed by atoms with E-state index >= 15 is 0 Å². The molecule has 0 unspecified atom stereocenters. The Labute approximate surface area is 90.7 Å². The molecule has 0 aromatic carbocycles. The van der Waals surface area contributed by atoms with Crippen molar-refractivity contribution in [3.63, 3.8) is 0 Å². The zero-order valence-electron chi connectivity index (χ0n) is 9.33. The number of pyridine rings is 1. The topological polar surface area (TPSA) is 33.1 Å². The number of hydrogen-bond donors (Lipinski definition) is 1. The fourth-order valence-corrected chi connectivity index (χ4v) is 2.31. The van der Waals surface area contributed by atoms with Crippen molar-refractivity contribution in [3.8, 4) is 0 Å². The number of hydrogen-bond acceptors (Lipinski definition) is 2. The molecule has 0 aliphatic heterocycles. The molecule has 2 nitrogen and oxygen atoms in total. The van der Waals surface area contributed by atoms with Crippen LogP contribution in [0, 0.1) is 0 Å². The number of aliphatic hydroxyl groups excluding tert-OH is 1. The van der Waals surface area contributed by atoms with Gasteiger partial charge in [0.2, 0.25) is 0 Å². The number of aromatic nitrogens is 1. The molecular formula is C13H17NO. The average Bonchev–Trinajstić information content (AvgIpc) is 2.27. The second-order valence-electron chi connectivity index (χ2n) is 4.47. The first-order chi connectivity index (χ1) is 7.14. The lowest BCUT2D eigenvalue weighted by molar-refractivity contribution is 0.317. The minimum absolute atomic E-state index is 0.0798. The Morgan fingerprint density at radius 2 is 2.20 bits per heavy atom. The van der Waals surface area contributed by atoms with Gasteiger partial charge in [0.05, 0.1) is 11.5 Å². The molecule has 0 radical (unpaired) electrons. The molecule has 15 heavy (non-hydrogen) atoms. The summed E-state index contributed by atoms with van der Waals surface area (Å²) in [5.41, 5.74) is 2.06. The lowest BCUT2D eigenvalue weighted by Gasteiger charge is -2.34. The average molecular weight is 203 g/mol. The molecule has 1 aromatic heterocycles. The van der Waals surface area contributed by atoms with Crippen molar-refractivity contribution in [2.24, 2.45) is 0 Å². The fraction of sp³-hybridized carbons (Fsp3) is 0.462. The van der Waals surface area contributed by atoms with E-state index in [0.717, 1.165) is 30.5 Å². The maximum absolute atomic E-state index is 9.83. The molecule has 1 aliphatic rings. The van der Waals surface area contributed by atoms with Gasteiger partial charge in [-0.2, -0.15) is 0 Å². The predicted octanol–water partition coefficient (Wildman–Crippen LogP) is 3.36. The summed E-state index contributed by atoms with van der Waals surface area (Å²) in [5, 5.41) is 9.83. The van der Waals surface area contributed by atoms with Gasteiger partial charge in [0, 0.05) is 18.0 Å². The van der Waals surface area contributed by atoms with Gasteiger partial charge in [-0.1, -0.05) is 13.0 Å². The zero-order chi connectivity index (χ0) is 10.9. The van der Waals surface area contributed by atoms with Crippen LogP contribution in [-0.2, 0) is 5.41 Å². The minimum atomic E-state index is -0.0798. The highest BCUT2D eigenvalue weighted by Gasteiger charge is 2.34. The lowest BCUT2D eigenvalue weighted by Crippen LogP contribution is -2.28. The third kappa shape index (κ3) is 1.65. The van der Waals surface area contributed by atoms with Gasteiger partial charge in [0.25, 0.3) is 0 Å². The summed E-state index contributed by atoms with van der Waals surface area (Å²) in [6.07, 6.45) is 4.74. The minimum Gasteiger partial charge on any atom is -0.512 e. The lowest BCUT2D eigenvalue weighted by atomic mass is 9.71. The molecule has 0 spiro atoms. The van der Waals surface area contributed by atoms with Crippen molar-refractivity contribution in [2.45, 2.75) is 38.5 Å². The Bertz CT molecular complexity index is 383. The van der Waals surface area contributed by atoms with Gasteiger partial charge >= 0.3 is 0 Å². The molecule has 1 atom stereocenters. The van der Waals surface area contributed by atoms with Gasteiger partial charge in [-0.05, 0) is 37.5 Å². The highest BCUT2D eigenvalue weighted by Crippen LogP contribution is 2.41. The summed E-state index contributed by atoms with van der Waals surface area (Å²) in [6, 6.07) is 5.98. The van der Waals surface area contributed by atoms with Crippen LogP contribution in [0.4, 0.5) is 0 Å². The number of aliphatic hydroxyl groups is 1. The molecule has 0 fully saturated rings. The molecule has 1 N–H and O–H groups in total.